The Morgan fingerprint density at radius 1 is 1.75 bits per heavy atom. The van der Waals surface area contributed by atoms with Crippen LogP contribution < -0.4 is 0 Å². The molecule has 5 heteroatoms. The van der Waals surface area contributed by atoms with Crippen LogP contribution in [0.2, 0.25) is 0 Å². The van der Waals surface area contributed by atoms with Crippen molar-refractivity contribution in [1.29, 1.82) is 0 Å². The molecule has 0 aromatic rings. The van der Waals surface area contributed by atoms with E-state index in [9.17, 15) is 14.3 Å². The molecule has 0 spiro atoms. The van der Waals surface area contributed by atoms with Crippen molar-refractivity contribution < 1.29 is 14.3 Å². The second kappa shape index (κ2) is 3.49. The molecule has 0 fully saturated rings. The molecule has 1 amide bonds. The lowest BCUT2D eigenvalue weighted by molar-refractivity contribution is 0.144. The fourth-order valence-electron chi connectivity index (χ4n) is 0.165. The summed E-state index contributed by atoms with van der Waals surface area (Å²) in [6, 6.07) is 0. The average Bonchev–Trinajstić information content (AvgIpc) is 1.67. The van der Waals surface area contributed by atoms with Crippen LogP contribution in [0.1, 0.15) is 0 Å². The molecule has 0 aliphatic heterocycles. The lowest BCUT2D eigenvalue weighted by Gasteiger charge is -2.01. The number of alkyl halides is 1. The standard InChI is InChI=1S/C3H4ClFNO2/c4-6(2-1-5)3(7)8/h1-2H2. The van der Waals surface area contributed by atoms with Crippen molar-refractivity contribution in [3.63, 3.8) is 0 Å². The monoisotopic (exact) mass is 140 g/mol. The maximum atomic E-state index is 11.2. The molecule has 0 unspecified atom stereocenters. The van der Waals surface area contributed by atoms with Gasteiger partial charge < -0.3 is 0 Å². The first-order valence-corrected chi connectivity index (χ1v) is 2.22. The van der Waals surface area contributed by atoms with Gasteiger partial charge in [-0.15, -0.1) is 0 Å². The normalized spacial score (nSPS) is 8.75. The largest absolute Gasteiger partial charge is 0.467 e. The molecule has 0 rings (SSSR count). The number of rotatable bonds is 2. The van der Waals surface area contributed by atoms with Gasteiger partial charge in [0.05, 0.1) is 6.54 Å². The van der Waals surface area contributed by atoms with Crippen LogP contribution in [0.4, 0.5) is 9.18 Å². The molecule has 8 heavy (non-hydrogen) atoms. The molecule has 0 saturated heterocycles. The zero-order chi connectivity index (χ0) is 6.57. The molecule has 0 saturated carbocycles. The molecule has 0 bridgehead atoms. The number of hydrogen-bond donors (Lipinski definition) is 0. The summed E-state index contributed by atoms with van der Waals surface area (Å²) in [7, 11) is 0. The van der Waals surface area contributed by atoms with E-state index < -0.39 is 12.8 Å². The average molecular weight is 141 g/mol. The van der Waals surface area contributed by atoms with Gasteiger partial charge in [-0.05, 0) is 0 Å². The molecular weight excluding hydrogens is 136 g/mol. The topological polar surface area (TPSA) is 40.2 Å². The van der Waals surface area contributed by atoms with Crippen molar-refractivity contribution in [1.82, 2.24) is 4.42 Å². The molecule has 0 aliphatic carbocycles. The number of carbonyl (C=O) groups is 1. The van der Waals surface area contributed by atoms with Gasteiger partial charge in [0.1, 0.15) is 6.67 Å². The van der Waals surface area contributed by atoms with Crippen molar-refractivity contribution in [2.24, 2.45) is 0 Å². The van der Waals surface area contributed by atoms with Crippen molar-refractivity contribution in [2.75, 3.05) is 13.2 Å². The molecule has 0 N–H and O–H groups in total. The van der Waals surface area contributed by atoms with E-state index in [1.54, 1.807) is 0 Å². The second-order valence-corrected chi connectivity index (χ2v) is 1.45. The molecule has 3 nitrogen and oxygen atoms in total. The summed E-state index contributed by atoms with van der Waals surface area (Å²) in [6.07, 6.45) is -1.58. The fraction of sp³-hybridized carbons (Fsp3) is 0.667. The van der Waals surface area contributed by atoms with Crippen molar-refractivity contribution in [3.05, 3.63) is 0 Å². The van der Waals surface area contributed by atoms with Crippen LogP contribution in [0, 0.1) is 0 Å². The molecule has 0 aliphatic rings. The first-order chi connectivity index (χ1) is 3.68. The molecule has 47 valence electrons. The van der Waals surface area contributed by atoms with Gasteiger partial charge in [0.15, 0.2) is 0 Å². The van der Waals surface area contributed by atoms with E-state index in [1.165, 1.54) is 0 Å². The van der Waals surface area contributed by atoms with Gasteiger partial charge in [-0.1, -0.05) is 0 Å². The third-order valence-electron chi connectivity index (χ3n) is 0.479. The van der Waals surface area contributed by atoms with Gasteiger partial charge in [0.25, 0.3) is 0 Å². The van der Waals surface area contributed by atoms with Gasteiger partial charge in [-0.3, -0.25) is 0 Å². The SMILES string of the molecule is [O]C(=O)N(Cl)CCF. The minimum Gasteiger partial charge on any atom is -0.249 e. The number of nitrogens with zero attached hydrogens (tertiary/aromatic N) is 1. The van der Waals surface area contributed by atoms with Crippen LogP contribution in [0.5, 0.6) is 0 Å². The van der Waals surface area contributed by atoms with E-state index in [4.69, 9.17) is 11.8 Å². The van der Waals surface area contributed by atoms with E-state index >= 15 is 0 Å². The first-order valence-electron chi connectivity index (χ1n) is 1.88. The van der Waals surface area contributed by atoms with Crippen LogP contribution in [0.3, 0.4) is 0 Å². The van der Waals surface area contributed by atoms with Gasteiger partial charge in [-0.25, -0.2) is 18.7 Å². The van der Waals surface area contributed by atoms with Crippen LogP contribution >= 0.6 is 11.8 Å². The van der Waals surface area contributed by atoms with E-state index in [-0.39, 0.29) is 11.0 Å². The highest BCUT2D eigenvalue weighted by molar-refractivity contribution is 6.19. The smallest absolute Gasteiger partial charge is 0.249 e. The number of amides is 1. The Labute approximate surface area is 50.8 Å². The van der Waals surface area contributed by atoms with Crippen molar-refractivity contribution in [3.8, 4) is 0 Å². The third-order valence-corrected chi connectivity index (χ3v) is 0.786. The summed E-state index contributed by atoms with van der Waals surface area (Å²) < 4.78 is 11.4. The maximum Gasteiger partial charge on any atom is 0.467 e. The zero-order valence-electron chi connectivity index (χ0n) is 3.93. The first kappa shape index (κ1) is 7.49. The van der Waals surface area contributed by atoms with E-state index in [1.807, 2.05) is 0 Å². The minimum atomic E-state index is -1.58. The van der Waals surface area contributed by atoms with Gasteiger partial charge >= 0.3 is 6.09 Å². The number of carbonyl (C=O) groups excluding carboxylic acids is 1. The third kappa shape index (κ3) is 2.63. The highest BCUT2D eigenvalue weighted by Crippen LogP contribution is 1.93. The van der Waals surface area contributed by atoms with Crippen molar-refractivity contribution in [2.45, 2.75) is 0 Å². The molecule has 1 radical (unpaired) electrons. The summed E-state index contributed by atoms with van der Waals surface area (Å²) in [4.78, 5) is 9.61. The van der Waals surface area contributed by atoms with Crippen LogP contribution in [-0.2, 0) is 5.11 Å². The summed E-state index contributed by atoms with van der Waals surface area (Å²) in [6.45, 7) is -1.14. The Kier molecular flexibility index (Phi) is 3.26. The predicted octanol–water partition coefficient (Wildman–Crippen LogP) is 0.962. The Morgan fingerprint density at radius 2 is 2.25 bits per heavy atom. The fourth-order valence-corrected chi connectivity index (χ4v) is 0.229. The zero-order valence-corrected chi connectivity index (χ0v) is 4.69. The summed E-state index contributed by atoms with van der Waals surface area (Å²) >= 11 is 4.85. The van der Waals surface area contributed by atoms with E-state index in [0.29, 0.717) is 0 Å². The van der Waals surface area contributed by atoms with Crippen LogP contribution in [0.15, 0.2) is 0 Å². The molecule has 0 atom stereocenters. The lowest BCUT2D eigenvalue weighted by atomic mass is 10.7. The lowest BCUT2D eigenvalue weighted by Crippen LogP contribution is -2.19. The highest BCUT2D eigenvalue weighted by atomic mass is 35.5. The van der Waals surface area contributed by atoms with Gasteiger partial charge in [0.2, 0.25) is 0 Å². The quantitative estimate of drug-likeness (QED) is 0.527. The number of halogens is 2. The molecular formula is C3H4ClFNO2. The number of hydrogen-bond acceptors (Lipinski definition) is 1. The van der Waals surface area contributed by atoms with Gasteiger partial charge in [0, 0.05) is 11.8 Å². The molecule has 0 heterocycles. The molecule has 0 aromatic heterocycles. The Bertz CT molecular complexity index is 89.4. The predicted molar refractivity (Wildman–Crippen MR) is 24.6 cm³/mol. The Morgan fingerprint density at radius 3 is 2.38 bits per heavy atom. The summed E-state index contributed by atoms with van der Waals surface area (Å²) in [5, 5.41) is 9.61. The Hall–Kier alpha value is -0.510. The maximum absolute atomic E-state index is 11.2. The van der Waals surface area contributed by atoms with Crippen molar-refractivity contribution >= 4 is 17.9 Å². The highest BCUT2D eigenvalue weighted by Gasteiger charge is 2.07. The summed E-state index contributed by atoms with van der Waals surface area (Å²) in [5.74, 6) is 0. The van der Waals surface area contributed by atoms with E-state index in [0.717, 1.165) is 0 Å². The van der Waals surface area contributed by atoms with Gasteiger partial charge in [-0.2, -0.15) is 0 Å². The Balaban J connectivity index is 3.32. The van der Waals surface area contributed by atoms with E-state index in [2.05, 4.69) is 0 Å². The molecule has 0 aromatic carbocycles. The minimum absolute atomic E-state index is 0.250. The second-order valence-electron chi connectivity index (χ2n) is 1.04. The summed E-state index contributed by atoms with van der Waals surface area (Å²) in [5.41, 5.74) is 0. The van der Waals surface area contributed by atoms with Crippen LogP contribution in [-0.4, -0.2) is 23.7 Å². The van der Waals surface area contributed by atoms with Crippen LogP contribution in [0.25, 0.3) is 0 Å².